The highest BCUT2D eigenvalue weighted by Crippen LogP contribution is 2.50. The van der Waals surface area contributed by atoms with E-state index in [4.69, 9.17) is 23.2 Å². The number of aliphatic hydroxyl groups is 1. The Bertz CT molecular complexity index is 1000. The van der Waals surface area contributed by atoms with E-state index in [0.29, 0.717) is 16.3 Å². The molecule has 28 heavy (non-hydrogen) atoms. The minimum Gasteiger partial charge on any atom is -0.395 e. The highest BCUT2D eigenvalue weighted by Gasteiger charge is 2.68. The summed E-state index contributed by atoms with van der Waals surface area (Å²) in [5.74, 6) is -2.60. The second-order valence-corrected chi connectivity index (χ2v) is 7.63. The second kappa shape index (κ2) is 6.66. The molecular formula is C18H14Cl2FN3O4. The van der Waals surface area contributed by atoms with Crippen molar-refractivity contribution in [3.8, 4) is 0 Å². The lowest BCUT2D eigenvalue weighted by atomic mass is 9.78. The lowest BCUT2D eigenvalue weighted by Crippen LogP contribution is -2.54. The maximum atomic E-state index is 14.7. The van der Waals surface area contributed by atoms with Crippen molar-refractivity contribution in [1.29, 1.82) is 0 Å². The normalized spacial score (nSPS) is 28.4. The summed E-state index contributed by atoms with van der Waals surface area (Å²) in [6.45, 7) is -0.543. The molecule has 2 heterocycles. The summed E-state index contributed by atoms with van der Waals surface area (Å²) < 4.78 is 14.7. The Morgan fingerprint density at radius 2 is 2.04 bits per heavy atom. The predicted octanol–water partition coefficient (Wildman–Crippen LogP) is 2.67. The third-order valence-corrected chi connectivity index (χ3v) is 5.93. The van der Waals surface area contributed by atoms with Crippen molar-refractivity contribution in [2.45, 2.75) is 23.5 Å². The average Bonchev–Trinajstić information content (AvgIpc) is 3.13. The van der Waals surface area contributed by atoms with E-state index in [-0.39, 0.29) is 10.6 Å². The first-order valence-corrected chi connectivity index (χ1v) is 9.14. The summed E-state index contributed by atoms with van der Waals surface area (Å²) in [4.78, 5) is 24.5. The summed E-state index contributed by atoms with van der Waals surface area (Å²) in [6, 6.07) is 6.17. The molecule has 1 amide bonds. The van der Waals surface area contributed by atoms with Crippen molar-refractivity contribution in [1.82, 2.24) is 5.32 Å². The summed E-state index contributed by atoms with van der Waals surface area (Å²) >= 11 is 11.8. The Morgan fingerprint density at radius 3 is 2.71 bits per heavy atom. The van der Waals surface area contributed by atoms with Gasteiger partial charge in [0.25, 0.3) is 11.9 Å². The fraction of sp³-hybridized carbons (Fsp3) is 0.278. The standard InChI is InChI=1S/C18H14Cl2FN3O4/c19-8-4-5-10-12(6-8)22-17(26)18(10)16(24(27)28)14(13(7-25)23-18)9-2-1-3-11(20)15(9)21/h1-6,13-14,16,23,25H,7H2,(H,22,26)/t13-,14-,16+,18+/m0/s1. The third-order valence-electron chi connectivity index (χ3n) is 5.41. The molecule has 146 valence electrons. The van der Waals surface area contributed by atoms with Crippen LogP contribution in [-0.4, -0.2) is 34.6 Å². The number of hydrogen-bond acceptors (Lipinski definition) is 5. The van der Waals surface area contributed by atoms with Crippen molar-refractivity contribution in [2.75, 3.05) is 11.9 Å². The van der Waals surface area contributed by atoms with Crippen LogP contribution in [0.2, 0.25) is 10.0 Å². The Labute approximate surface area is 168 Å². The van der Waals surface area contributed by atoms with Crippen LogP contribution in [0.15, 0.2) is 36.4 Å². The predicted molar refractivity (Wildman–Crippen MR) is 101 cm³/mol. The Balaban J connectivity index is 1.95. The molecule has 3 N–H and O–H groups in total. The van der Waals surface area contributed by atoms with Gasteiger partial charge in [-0.05, 0) is 18.2 Å². The number of amides is 1. The average molecular weight is 426 g/mol. The number of aliphatic hydroxyl groups excluding tert-OH is 1. The molecule has 0 unspecified atom stereocenters. The number of nitro groups is 1. The molecule has 10 heteroatoms. The maximum absolute atomic E-state index is 14.7. The Hall–Kier alpha value is -2.26. The van der Waals surface area contributed by atoms with E-state index in [2.05, 4.69) is 10.6 Å². The van der Waals surface area contributed by atoms with Gasteiger partial charge in [0.05, 0.1) is 17.5 Å². The van der Waals surface area contributed by atoms with E-state index >= 15 is 0 Å². The first kappa shape index (κ1) is 19.1. The van der Waals surface area contributed by atoms with E-state index in [1.165, 1.54) is 36.4 Å². The van der Waals surface area contributed by atoms with Gasteiger partial charge in [-0.15, -0.1) is 0 Å². The van der Waals surface area contributed by atoms with Crippen molar-refractivity contribution >= 4 is 34.8 Å². The van der Waals surface area contributed by atoms with Crippen molar-refractivity contribution in [2.24, 2.45) is 0 Å². The minimum absolute atomic E-state index is 0.0344. The molecular weight excluding hydrogens is 412 g/mol. The van der Waals surface area contributed by atoms with Crippen LogP contribution < -0.4 is 10.6 Å². The molecule has 0 saturated carbocycles. The van der Waals surface area contributed by atoms with Crippen LogP contribution in [0.5, 0.6) is 0 Å². The fourth-order valence-corrected chi connectivity index (χ4v) is 4.67. The molecule has 4 atom stereocenters. The minimum atomic E-state index is -1.78. The zero-order chi connectivity index (χ0) is 20.2. The van der Waals surface area contributed by atoms with Gasteiger partial charge in [0.2, 0.25) is 0 Å². The summed E-state index contributed by atoms with van der Waals surface area (Å²) in [7, 11) is 0. The first-order valence-electron chi connectivity index (χ1n) is 8.38. The highest BCUT2D eigenvalue weighted by atomic mass is 35.5. The summed E-state index contributed by atoms with van der Waals surface area (Å²) in [5.41, 5.74) is -1.16. The second-order valence-electron chi connectivity index (χ2n) is 6.78. The smallest absolute Gasteiger partial charge is 0.256 e. The SMILES string of the molecule is O=C1Nc2cc(Cl)ccc2[C@]12N[C@@H](CO)[C@H](c1cccc(Cl)c1F)[C@H]2[N+](=O)[O-]. The lowest BCUT2D eigenvalue weighted by molar-refractivity contribution is -0.532. The van der Waals surface area contributed by atoms with Gasteiger partial charge >= 0.3 is 0 Å². The number of halogens is 3. The van der Waals surface area contributed by atoms with Gasteiger partial charge in [0, 0.05) is 32.8 Å². The molecule has 1 saturated heterocycles. The molecule has 0 aliphatic carbocycles. The number of anilines is 1. The summed E-state index contributed by atoms with van der Waals surface area (Å²) in [5, 5.41) is 27.7. The van der Waals surface area contributed by atoms with E-state index in [9.17, 15) is 24.4 Å². The van der Waals surface area contributed by atoms with Crippen molar-refractivity contribution < 1.29 is 19.2 Å². The maximum Gasteiger partial charge on any atom is 0.256 e. The van der Waals surface area contributed by atoms with Gasteiger partial charge in [0.15, 0.2) is 5.54 Å². The van der Waals surface area contributed by atoms with E-state index in [0.717, 1.165) is 0 Å². The number of carbonyl (C=O) groups excluding carboxylic acids is 1. The quantitative estimate of drug-likeness (QED) is 0.517. The van der Waals surface area contributed by atoms with Gasteiger partial charge in [-0.25, -0.2) is 4.39 Å². The monoisotopic (exact) mass is 425 g/mol. The zero-order valence-electron chi connectivity index (χ0n) is 14.2. The molecule has 0 aromatic heterocycles. The zero-order valence-corrected chi connectivity index (χ0v) is 15.7. The third kappa shape index (κ3) is 2.52. The molecule has 4 rings (SSSR count). The van der Waals surface area contributed by atoms with Crippen LogP contribution in [0.3, 0.4) is 0 Å². The number of hydrogen-bond donors (Lipinski definition) is 3. The van der Waals surface area contributed by atoms with Gasteiger partial charge in [-0.1, -0.05) is 41.4 Å². The van der Waals surface area contributed by atoms with Crippen LogP contribution >= 0.6 is 23.2 Å². The lowest BCUT2D eigenvalue weighted by Gasteiger charge is -2.25. The molecule has 2 aromatic carbocycles. The topological polar surface area (TPSA) is 104 Å². The van der Waals surface area contributed by atoms with Crippen molar-refractivity contribution in [3.05, 3.63) is 73.5 Å². The van der Waals surface area contributed by atoms with Crippen LogP contribution in [0, 0.1) is 15.9 Å². The molecule has 2 aromatic rings. The number of carbonyl (C=O) groups is 1. The molecule has 1 fully saturated rings. The number of nitrogens with one attached hydrogen (secondary N) is 2. The largest absolute Gasteiger partial charge is 0.395 e. The van der Waals surface area contributed by atoms with Crippen molar-refractivity contribution in [3.63, 3.8) is 0 Å². The van der Waals surface area contributed by atoms with E-state index in [1.54, 1.807) is 0 Å². The van der Waals surface area contributed by atoms with E-state index < -0.39 is 46.8 Å². The van der Waals surface area contributed by atoms with Crippen LogP contribution in [-0.2, 0) is 10.3 Å². The van der Waals surface area contributed by atoms with Gasteiger partial charge in [-0.2, -0.15) is 0 Å². The number of rotatable bonds is 3. The van der Waals surface area contributed by atoms with E-state index in [1.807, 2.05) is 0 Å². The number of benzene rings is 2. The van der Waals surface area contributed by atoms with Gasteiger partial charge in [-0.3, -0.25) is 20.2 Å². The highest BCUT2D eigenvalue weighted by molar-refractivity contribution is 6.31. The van der Waals surface area contributed by atoms with Gasteiger partial charge < -0.3 is 10.4 Å². The molecule has 7 nitrogen and oxygen atoms in total. The molecule has 0 bridgehead atoms. The summed E-state index contributed by atoms with van der Waals surface area (Å²) in [6.07, 6.45) is 0. The fourth-order valence-electron chi connectivity index (χ4n) is 4.31. The van der Waals surface area contributed by atoms with Gasteiger partial charge in [0.1, 0.15) is 5.82 Å². The Kier molecular flexibility index (Phi) is 4.54. The number of nitrogens with zero attached hydrogens (tertiary/aromatic N) is 1. The molecule has 0 radical (unpaired) electrons. The molecule has 1 spiro atoms. The molecule has 2 aliphatic heterocycles. The van der Waals surface area contributed by atoms with Crippen LogP contribution in [0.1, 0.15) is 17.0 Å². The Morgan fingerprint density at radius 1 is 1.29 bits per heavy atom. The first-order chi connectivity index (χ1) is 13.3. The van der Waals surface area contributed by atoms with Crippen LogP contribution in [0.25, 0.3) is 0 Å². The number of fused-ring (bicyclic) bond motifs is 2. The van der Waals surface area contributed by atoms with Crippen LogP contribution in [0.4, 0.5) is 10.1 Å². The molecule has 2 aliphatic rings.